The van der Waals surface area contributed by atoms with Crippen molar-refractivity contribution in [3.8, 4) is 0 Å². The van der Waals surface area contributed by atoms with E-state index in [1.54, 1.807) is 6.92 Å². The van der Waals surface area contributed by atoms with Gasteiger partial charge in [0, 0.05) is 13.7 Å². The molecule has 1 aromatic carbocycles. The average molecular weight is 265 g/mol. The summed E-state index contributed by atoms with van der Waals surface area (Å²) in [5.74, 6) is -0.246. The summed E-state index contributed by atoms with van der Waals surface area (Å²) in [6.07, 6.45) is 0.724. The van der Waals surface area contributed by atoms with Crippen LogP contribution in [0.15, 0.2) is 30.3 Å². The molecule has 1 aromatic rings. The zero-order valence-electron chi connectivity index (χ0n) is 11.8. The Morgan fingerprint density at radius 2 is 2.05 bits per heavy atom. The predicted octanol–water partition coefficient (Wildman–Crippen LogP) is 1.69. The van der Waals surface area contributed by atoms with Gasteiger partial charge in [0.25, 0.3) is 0 Å². The monoisotopic (exact) mass is 265 g/mol. The summed E-state index contributed by atoms with van der Waals surface area (Å²) in [6, 6.07) is 9.66. The van der Waals surface area contributed by atoms with Gasteiger partial charge in [0.05, 0.1) is 12.5 Å². The lowest BCUT2D eigenvalue weighted by Crippen LogP contribution is -2.45. The molecule has 0 spiro atoms. The number of amides is 1. The summed E-state index contributed by atoms with van der Waals surface area (Å²) < 4.78 is 4.91. The van der Waals surface area contributed by atoms with E-state index in [1.807, 2.05) is 37.3 Å². The highest BCUT2D eigenvalue weighted by Gasteiger charge is 2.24. The highest BCUT2D eigenvalue weighted by atomic mass is 16.5. The van der Waals surface area contributed by atoms with E-state index in [4.69, 9.17) is 4.74 Å². The van der Waals surface area contributed by atoms with E-state index in [0.717, 1.165) is 12.0 Å². The molecule has 0 unspecified atom stereocenters. The maximum atomic E-state index is 12.2. The van der Waals surface area contributed by atoms with E-state index < -0.39 is 5.60 Å². The van der Waals surface area contributed by atoms with Crippen LogP contribution in [0.3, 0.4) is 0 Å². The fourth-order valence-corrected chi connectivity index (χ4v) is 2.02. The standard InChI is InChI=1S/C15H23NO3/c1-4-13(12-8-6-5-7-9-12)14(17)16-10-15(2,18)11-19-3/h5-9,13,18H,4,10-11H2,1-3H3,(H,16,17)/t13-,15-/m0/s1. The van der Waals surface area contributed by atoms with Gasteiger partial charge in [-0.3, -0.25) is 4.79 Å². The molecule has 106 valence electrons. The van der Waals surface area contributed by atoms with Crippen LogP contribution in [0.5, 0.6) is 0 Å². The number of methoxy groups -OCH3 is 1. The summed E-state index contributed by atoms with van der Waals surface area (Å²) in [4.78, 5) is 12.2. The Hall–Kier alpha value is -1.39. The van der Waals surface area contributed by atoms with Crippen LogP contribution in [0.25, 0.3) is 0 Å². The van der Waals surface area contributed by atoms with Crippen molar-refractivity contribution in [3.05, 3.63) is 35.9 Å². The number of aliphatic hydroxyl groups is 1. The van der Waals surface area contributed by atoms with Crippen LogP contribution in [0.4, 0.5) is 0 Å². The van der Waals surface area contributed by atoms with Crippen molar-refractivity contribution in [1.82, 2.24) is 5.32 Å². The second kappa shape index (κ2) is 7.26. The van der Waals surface area contributed by atoms with Gasteiger partial charge in [-0.2, -0.15) is 0 Å². The Kier molecular flexibility index (Phi) is 5.99. The molecular weight excluding hydrogens is 242 g/mol. The van der Waals surface area contributed by atoms with Crippen molar-refractivity contribution in [2.24, 2.45) is 0 Å². The first-order chi connectivity index (χ1) is 9.00. The van der Waals surface area contributed by atoms with Gasteiger partial charge >= 0.3 is 0 Å². The quantitative estimate of drug-likeness (QED) is 0.789. The van der Waals surface area contributed by atoms with E-state index >= 15 is 0 Å². The summed E-state index contributed by atoms with van der Waals surface area (Å²) in [6.45, 7) is 3.99. The second-order valence-corrected chi connectivity index (χ2v) is 5.02. The van der Waals surface area contributed by atoms with Crippen molar-refractivity contribution in [2.45, 2.75) is 31.8 Å². The molecule has 0 aliphatic heterocycles. The lowest BCUT2D eigenvalue weighted by molar-refractivity contribution is -0.124. The van der Waals surface area contributed by atoms with Gasteiger partial charge < -0.3 is 15.2 Å². The van der Waals surface area contributed by atoms with Gasteiger partial charge in [-0.15, -0.1) is 0 Å². The summed E-state index contributed by atoms with van der Waals surface area (Å²) in [5, 5.41) is 12.7. The number of carbonyl (C=O) groups is 1. The SMILES string of the molecule is CC[C@H](C(=O)NC[C@](C)(O)COC)c1ccccc1. The van der Waals surface area contributed by atoms with Crippen molar-refractivity contribution in [2.75, 3.05) is 20.3 Å². The minimum atomic E-state index is -1.04. The number of rotatable bonds is 7. The van der Waals surface area contributed by atoms with Gasteiger partial charge in [-0.25, -0.2) is 0 Å². The Balaban J connectivity index is 2.61. The highest BCUT2D eigenvalue weighted by molar-refractivity contribution is 5.83. The van der Waals surface area contributed by atoms with Gasteiger partial charge in [0.1, 0.15) is 5.60 Å². The second-order valence-electron chi connectivity index (χ2n) is 5.02. The molecule has 4 nitrogen and oxygen atoms in total. The summed E-state index contributed by atoms with van der Waals surface area (Å²) in [5.41, 5.74) is -0.0479. The molecule has 2 N–H and O–H groups in total. The normalized spacial score (nSPS) is 15.6. The molecular formula is C15H23NO3. The molecule has 0 bridgehead atoms. The molecule has 0 heterocycles. The van der Waals surface area contributed by atoms with Crippen LogP contribution in [-0.4, -0.2) is 36.9 Å². The molecule has 0 saturated heterocycles. The molecule has 1 amide bonds. The first-order valence-corrected chi connectivity index (χ1v) is 6.54. The fraction of sp³-hybridized carbons (Fsp3) is 0.533. The number of ether oxygens (including phenoxy) is 1. The Labute approximate surface area is 114 Å². The van der Waals surface area contributed by atoms with Crippen LogP contribution < -0.4 is 5.32 Å². The van der Waals surface area contributed by atoms with E-state index in [9.17, 15) is 9.90 Å². The number of hydrogen-bond acceptors (Lipinski definition) is 3. The molecule has 0 aromatic heterocycles. The largest absolute Gasteiger partial charge is 0.386 e. The zero-order chi connectivity index (χ0) is 14.3. The molecule has 0 aliphatic rings. The zero-order valence-corrected chi connectivity index (χ0v) is 11.8. The maximum absolute atomic E-state index is 12.2. The number of hydrogen-bond donors (Lipinski definition) is 2. The Morgan fingerprint density at radius 1 is 1.42 bits per heavy atom. The van der Waals surface area contributed by atoms with Crippen LogP contribution in [0.1, 0.15) is 31.7 Å². The van der Waals surface area contributed by atoms with Crippen molar-refractivity contribution < 1.29 is 14.6 Å². The molecule has 0 radical (unpaired) electrons. The van der Waals surface area contributed by atoms with Crippen LogP contribution in [0.2, 0.25) is 0 Å². The van der Waals surface area contributed by atoms with Gasteiger partial charge in [0.2, 0.25) is 5.91 Å². The van der Waals surface area contributed by atoms with Crippen LogP contribution in [-0.2, 0) is 9.53 Å². The predicted molar refractivity (Wildman–Crippen MR) is 75.0 cm³/mol. The Morgan fingerprint density at radius 3 is 2.58 bits per heavy atom. The van der Waals surface area contributed by atoms with Gasteiger partial charge in [-0.05, 0) is 18.9 Å². The fourth-order valence-electron chi connectivity index (χ4n) is 2.02. The summed E-state index contributed by atoms with van der Waals surface area (Å²) in [7, 11) is 1.52. The molecule has 1 rings (SSSR count). The molecule has 0 saturated carbocycles. The first-order valence-electron chi connectivity index (χ1n) is 6.54. The number of benzene rings is 1. The highest BCUT2D eigenvalue weighted by Crippen LogP contribution is 2.19. The number of carbonyl (C=O) groups excluding carboxylic acids is 1. The van der Waals surface area contributed by atoms with Gasteiger partial charge in [0.15, 0.2) is 0 Å². The van der Waals surface area contributed by atoms with Crippen molar-refractivity contribution in [3.63, 3.8) is 0 Å². The number of nitrogens with one attached hydrogen (secondary N) is 1. The van der Waals surface area contributed by atoms with E-state index in [1.165, 1.54) is 7.11 Å². The van der Waals surface area contributed by atoms with E-state index in [-0.39, 0.29) is 25.0 Å². The molecule has 19 heavy (non-hydrogen) atoms. The molecule has 0 fully saturated rings. The smallest absolute Gasteiger partial charge is 0.227 e. The average Bonchev–Trinajstić information content (AvgIpc) is 2.39. The first kappa shape index (κ1) is 15.7. The minimum Gasteiger partial charge on any atom is -0.386 e. The van der Waals surface area contributed by atoms with Crippen molar-refractivity contribution in [1.29, 1.82) is 0 Å². The maximum Gasteiger partial charge on any atom is 0.227 e. The third-order valence-corrected chi connectivity index (χ3v) is 3.03. The lowest BCUT2D eigenvalue weighted by atomic mass is 9.95. The van der Waals surface area contributed by atoms with Crippen LogP contribution >= 0.6 is 0 Å². The third kappa shape index (κ3) is 5.01. The molecule has 4 heteroatoms. The summed E-state index contributed by atoms with van der Waals surface area (Å²) >= 11 is 0. The van der Waals surface area contributed by atoms with E-state index in [0.29, 0.717) is 0 Å². The van der Waals surface area contributed by atoms with E-state index in [2.05, 4.69) is 5.32 Å². The van der Waals surface area contributed by atoms with Gasteiger partial charge in [-0.1, -0.05) is 37.3 Å². The molecule has 0 aliphatic carbocycles. The Bertz CT molecular complexity index is 390. The van der Waals surface area contributed by atoms with Crippen molar-refractivity contribution >= 4 is 5.91 Å². The topological polar surface area (TPSA) is 58.6 Å². The lowest BCUT2D eigenvalue weighted by Gasteiger charge is -2.24. The van der Waals surface area contributed by atoms with Crippen LogP contribution in [0, 0.1) is 0 Å². The minimum absolute atomic E-state index is 0.0647. The third-order valence-electron chi connectivity index (χ3n) is 3.03. The molecule has 2 atom stereocenters.